The van der Waals surface area contributed by atoms with Crippen LogP contribution in [0.4, 0.5) is 0 Å². The maximum atomic E-state index is 12.2. The first-order valence-corrected chi connectivity index (χ1v) is 9.91. The number of likely N-dealkylation sites (tertiary alicyclic amines) is 2. The number of hydrogen-bond donors (Lipinski definition) is 0. The molecule has 1 amide bonds. The van der Waals surface area contributed by atoms with Gasteiger partial charge in [0.25, 0.3) is 0 Å². The second kappa shape index (κ2) is 9.19. The van der Waals surface area contributed by atoms with Crippen LogP contribution in [0.3, 0.4) is 0 Å². The molecule has 0 spiro atoms. The number of carbonyl (C=O) groups excluding carboxylic acids is 1. The van der Waals surface area contributed by atoms with Gasteiger partial charge >= 0.3 is 0 Å². The third-order valence-corrected chi connectivity index (χ3v) is 6.00. The first kappa shape index (κ1) is 18.2. The number of nitrogens with zero attached hydrogens (tertiary/aromatic N) is 2. The Bertz CT molecular complexity index is 548. The van der Waals surface area contributed by atoms with Crippen molar-refractivity contribution in [1.82, 2.24) is 9.80 Å². The lowest BCUT2D eigenvalue weighted by molar-refractivity contribution is -0.130. The zero-order valence-electron chi connectivity index (χ0n) is 15.4. The highest BCUT2D eigenvalue weighted by atomic mass is 16.2. The van der Waals surface area contributed by atoms with Gasteiger partial charge in [-0.2, -0.15) is 0 Å². The van der Waals surface area contributed by atoms with E-state index < -0.39 is 0 Å². The number of rotatable bonds is 7. The molecule has 3 heteroatoms. The Labute approximate surface area is 152 Å². The van der Waals surface area contributed by atoms with Gasteiger partial charge in [0.2, 0.25) is 5.91 Å². The molecule has 1 aromatic rings. The molecule has 1 atom stereocenters. The molecular formula is C22H32N2O. The molecular weight excluding hydrogens is 308 g/mol. The van der Waals surface area contributed by atoms with Crippen molar-refractivity contribution in [2.75, 3.05) is 32.7 Å². The monoisotopic (exact) mass is 340 g/mol. The maximum absolute atomic E-state index is 12.2. The number of amides is 1. The molecule has 0 aromatic heterocycles. The molecule has 25 heavy (non-hydrogen) atoms. The topological polar surface area (TPSA) is 23.6 Å². The minimum absolute atomic E-state index is 0.322. The summed E-state index contributed by atoms with van der Waals surface area (Å²) in [4.78, 5) is 16.9. The second-order valence-corrected chi connectivity index (χ2v) is 7.63. The number of carbonyl (C=O) groups is 1. The lowest BCUT2D eigenvalue weighted by Crippen LogP contribution is -2.38. The molecule has 2 fully saturated rings. The molecule has 2 aliphatic rings. The highest BCUT2D eigenvalue weighted by Gasteiger charge is 2.33. The van der Waals surface area contributed by atoms with E-state index in [9.17, 15) is 4.79 Å². The minimum atomic E-state index is 0.322. The van der Waals surface area contributed by atoms with Crippen molar-refractivity contribution in [3.63, 3.8) is 0 Å². The van der Waals surface area contributed by atoms with Crippen LogP contribution in [0.1, 0.15) is 37.7 Å². The molecule has 2 saturated heterocycles. The van der Waals surface area contributed by atoms with E-state index in [1.165, 1.54) is 44.5 Å². The Hall–Kier alpha value is -1.61. The fourth-order valence-corrected chi connectivity index (χ4v) is 4.36. The zero-order valence-corrected chi connectivity index (χ0v) is 15.4. The van der Waals surface area contributed by atoms with Crippen LogP contribution in [-0.4, -0.2) is 48.4 Å². The van der Waals surface area contributed by atoms with Crippen LogP contribution < -0.4 is 0 Å². The highest BCUT2D eigenvalue weighted by molar-refractivity contribution is 5.76. The largest absolute Gasteiger partial charge is 0.342 e. The van der Waals surface area contributed by atoms with Crippen LogP contribution in [0.25, 0.3) is 0 Å². The third kappa shape index (κ3) is 5.18. The maximum Gasteiger partial charge on any atom is 0.222 e. The molecule has 0 bridgehead atoms. The van der Waals surface area contributed by atoms with Gasteiger partial charge in [-0.25, -0.2) is 0 Å². The van der Waals surface area contributed by atoms with Crippen LogP contribution in [0.5, 0.6) is 0 Å². The molecule has 1 aromatic carbocycles. The fourth-order valence-electron chi connectivity index (χ4n) is 4.36. The molecule has 0 aliphatic carbocycles. The van der Waals surface area contributed by atoms with Crippen LogP contribution in [0.2, 0.25) is 0 Å². The van der Waals surface area contributed by atoms with E-state index in [0.717, 1.165) is 37.8 Å². The average Bonchev–Trinajstić information content (AvgIpc) is 3.16. The van der Waals surface area contributed by atoms with E-state index in [-0.39, 0.29) is 0 Å². The minimum Gasteiger partial charge on any atom is -0.342 e. The summed E-state index contributed by atoms with van der Waals surface area (Å²) < 4.78 is 0. The van der Waals surface area contributed by atoms with Gasteiger partial charge in [0.15, 0.2) is 0 Å². The summed E-state index contributed by atoms with van der Waals surface area (Å²) in [5, 5.41) is 0. The number of piperidine rings is 1. The average molecular weight is 341 g/mol. The molecule has 2 heterocycles. The standard InChI is InChI=1S/C22H32N2O/c1-2-3-9-22(25)24-17-13-21(18-24)20-11-15-23(16-12-20)14-10-19-7-5-4-6-8-19/h2,4-8,20-21H,1,3,9-18H2. The van der Waals surface area contributed by atoms with Crippen molar-refractivity contribution in [2.45, 2.75) is 38.5 Å². The van der Waals surface area contributed by atoms with Gasteiger partial charge in [0, 0.05) is 26.1 Å². The van der Waals surface area contributed by atoms with E-state index in [0.29, 0.717) is 12.3 Å². The van der Waals surface area contributed by atoms with Crippen molar-refractivity contribution in [1.29, 1.82) is 0 Å². The summed E-state index contributed by atoms with van der Waals surface area (Å²) in [5.74, 6) is 1.86. The summed E-state index contributed by atoms with van der Waals surface area (Å²) in [6.45, 7) is 9.29. The molecule has 136 valence electrons. The van der Waals surface area contributed by atoms with E-state index in [2.05, 4.69) is 46.7 Å². The molecule has 0 saturated carbocycles. The van der Waals surface area contributed by atoms with Crippen molar-refractivity contribution in [2.24, 2.45) is 11.8 Å². The highest BCUT2D eigenvalue weighted by Crippen LogP contribution is 2.32. The van der Waals surface area contributed by atoms with E-state index in [1.807, 2.05) is 6.08 Å². The van der Waals surface area contributed by atoms with Gasteiger partial charge in [0.05, 0.1) is 0 Å². The van der Waals surface area contributed by atoms with Crippen molar-refractivity contribution >= 4 is 5.91 Å². The molecule has 0 radical (unpaired) electrons. The number of allylic oxidation sites excluding steroid dienone is 1. The van der Waals surface area contributed by atoms with E-state index in [1.54, 1.807) is 0 Å². The van der Waals surface area contributed by atoms with E-state index >= 15 is 0 Å². The van der Waals surface area contributed by atoms with Crippen molar-refractivity contribution in [3.05, 3.63) is 48.6 Å². The summed E-state index contributed by atoms with van der Waals surface area (Å²) in [7, 11) is 0. The van der Waals surface area contributed by atoms with Gasteiger partial charge in [0.1, 0.15) is 0 Å². The molecule has 3 nitrogen and oxygen atoms in total. The summed E-state index contributed by atoms with van der Waals surface area (Å²) in [6, 6.07) is 10.8. The quantitative estimate of drug-likeness (QED) is 0.706. The first-order valence-electron chi connectivity index (χ1n) is 9.91. The van der Waals surface area contributed by atoms with Gasteiger partial charge in [-0.15, -0.1) is 6.58 Å². The van der Waals surface area contributed by atoms with Gasteiger partial charge < -0.3 is 9.80 Å². The summed E-state index contributed by atoms with van der Waals surface area (Å²) in [5.41, 5.74) is 1.44. The Kier molecular flexibility index (Phi) is 6.69. The van der Waals surface area contributed by atoms with Crippen LogP contribution in [0, 0.1) is 11.8 Å². The Morgan fingerprint density at radius 1 is 1.08 bits per heavy atom. The van der Waals surface area contributed by atoms with Crippen molar-refractivity contribution in [3.8, 4) is 0 Å². The van der Waals surface area contributed by atoms with E-state index in [4.69, 9.17) is 0 Å². The van der Waals surface area contributed by atoms with Gasteiger partial charge in [-0.3, -0.25) is 4.79 Å². The third-order valence-electron chi connectivity index (χ3n) is 6.00. The SMILES string of the molecule is C=CCCC(=O)N1CCC(C2CCN(CCc3ccccc3)CC2)C1. The van der Waals surface area contributed by atoms with Gasteiger partial charge in [-0.1, -0.05) is 36.4 Å². The molecule has 1 unspecified atom stereocenters. The van der Waals surface area contributed by atoms with Crippen molar-refractivity contribution < 1.29 is 4.79 Å². The fraction of sp³-hybridized carbons (Fsp3) is 0.591. The Morgan fingerprint density at radius 3 is 2.52 bits per heavy atom. The summed E-state index contributed by atoms with van der Waals surface area (Å²) >= 11 is 0. The summed E-state index contributed by atoms with van der Waals surface area (Å²) in [6.07, 6.45) is 8.24. The molecule has 3 rings (SSSR count). The second-order valence-electron chi connectivity index (χ2n) is 7.63. The molecule has 2 aliphatic heterocycles. The van der Waals surface area contributed by atoms with Crippen LogP contribution >= 0.6 is 0 Å². The Morgan fingerprint density at radius 2 is 1.80 bits per heavy atom. The first-order chi connectivity index (χ1) is 12.3. The smallest absolute Gasteiger partial charge is 0.222 e. The van der Waals surface area contributed by atoms with Crippen LogP contribution in [0.15, 0.2) is 43.0 Å². The van der Waals surface area contributed by atoms with Gasteiger partial charge in [-0.05, 0) is 62.6 Å². The Balaban J connectivity index is 1.38. The number of benzene rings is 1. The number of hydrogen-bond acceptors (Lipinski definition) is 2. The predicted octanol–water partition coefficient (Wildman–Crippen LogP) is 3.76. The normalized spacial score (nSPS) is 22.2. The lowest BCUT2D eigenvalue weighted by atomic mass is 9.83. The predicted molar refractivity (Wildman–Crippen MR) is 103 cm³/mol. The molecule has 0 N–H and O–H groups in total. The van der Waals surface area contributed by atoms with Crippen LogP contribution in [-0.2, 0) is 11.2 Å². The lowest BCUT2D eigenvalue weighted by Gasteiger charge is -2.34. The zero-order chi connectivity index (χ0) is 17.5.